The molecule has 0 fully saturated rings. The van der Waals surface area contributed by atoms with Crippen molar-refractivity contribution in [3.8, 4) is 5.69 Å². The number of thiophene rings is 1. The Morgan fingerprint density at radius 1 is 1.03 bits per heavy atom. The lowest BCUT2D eigenvalue weighted by Crippen LogP contribution is -2.32. The zero-order valence-corrected chi connectivity index (χ0v) is 17.9. The maximum Gasteiger partial charge on any atom is 0.123 e. The summed E-state index contributed by atoms with van der Waals surface area (Å²) in [6, 6.07) is 15.3. The van der Waals surface area contributed by atoms with E-state index in [1.165, 1.54) is 23.9 Å². The van der Waals surface area contributed by atoms with Crippen LogP contribution in [-0.4, -0.2) is 27.7 Å². The molecular weight excluding hydrogens is 414 g/mol. The Hall–Kier alpha value is -2.54. The van der Waals surface area contributed by atoms with Gasteiger partial charge in [-0.15, -0.1) is 11.3 Å². The Morgan fingerprint density at radius 2 is 1.84 bits per heavy atom. The largest absolute Gasteiger partial charge is 0.388 e. The molecule has 0 saturated carbocycles. The number of rotatable bonds is 6. The molecule has 1 aliphatic heterocycles. The fraction of sp³-hybridized carbons (Fsp3) is 0.280. The number of nitrogens with zero attached hydrogens (tertiary/aromatic N) is 2. The van der Waals surface area contributed by atoms with Gasteiger partial charge in [-0.25, -0.2) is 8.78 Å². The highest BCUT2D eigenvalue weighted by atomic mass is 32.1. The molecule has 0 radical (unpaired) electrons. The second-order valence-electron chi connectivity index (χ2n) is 8.10. The minimum absolute atomic E-state index is 0.247. The summed E-state index contributed by atoms with van der Waals surface area (Å²) in [5.74, 6) is -0.515. The topological polar surface area (TPSA) is 28.4 Å². The molecular formula is C25H24F2N2OS. The number of benzene rings is 2. The number of fused-ring (bicyclic) bond motifs is 3. The van der Waals surface area contributed by atoms with E-state index in [-0.39, 0.29) is 11.6 Å². The molecule has 1 aliphatic rings. The van der Waals surface area contributed by atoms with Gasteiger partial charge < -0.3 is 9.67 Å². The average Bonchev–Trinajstić information content (AvgIpc) is 3.41. The first-order valence-electron chi connectivity index (χ1n) is 10.6. The molecule has 6 heteroatoms. The second kappa shape index (κ2) is 8.54. The van der Waals surface area contributed by atoms with Crippen LogP contribution in [0.1, 0.15) is 35.1 Å². The third-order valence-electron chi connectivity index (χ3n) is 6.10. The van der Waals surface area contributed by atoms with E-state index in [9.17, 15) is 13.9 Å². The summed E-state index contributed by atoms with van der Waals surface area (Å²) in [6.45, 7) is 2.54. The molecule has 160 valence electrons. The van der Waals surface area contributed by atoms with E-state index in [4.69, 9.17) is 0 Å². The fourth-order valence-electron chi connectivity index (χ4n) is 4.59. The van der Waals surface area contributed by atoms with Gasteiger partial charge in [-0.2, -0.15) is 0 Å². The highest BCUT2D eigenvalue weighted by Crippen LogP contribution is 2.34. The van der Waals surface area contributed by atoms with Gasteiger partial charge in [0.25, 0.3) is 0 Å². The molecule has 2 aromatic heterocycles. The smallest absolute Gasteiger partial charge is 0.123 e. The van der Waals surface area contributed by atoms with Gasteiger partial charge in [0.2, 0.25) is 0 Å². The maximum atomic E-state index is 14.1. The summed E-state index contributed by atoms with van der Waals surface area (Å²) in [5.41, 5.74) is 4.16. The van der Waals surface area contributed by atoms with Gasteiger partial charge in [-0.05, 0) is 78.9 Å². The maximum absolute atomic E-state index is 14.1. The van der Waals surface area contributed by atoms with Crippen molar-refractivity contribution in [2.75, 3.05) is 13.1 Å². The van der Waals surface area contributed by atoms with Crippen molar-refractivity contribution in [1.29, 1.82) is 0 Å². The van der Waals surface area contributed by atoms with Crippen molar-refractivity contribution in [3.63, 3.8) is 0 Å². The Bertz CT molecular complexity index is 1180. The summed E-state index contributed by atoms with van der Waals surface area (Å²) in [4.78, 5) is 3.39. The molecule has 0 amide bonds. The number of hydrogen-bond acceptors (Lipinski definition) is 3. The Balaban J connectivity index is 1.39. The summed E-state index contributed by atoms with van der Waals surface area (Å²) in [6.07, 6.45) is 2.07. The molecule has 4 aromatic rings. The van der Waals surface area contributed by atoms with Gasteiger partial charge in [0.15, 0.2) is 0 Å². The van der Waals surface area contributed by atoms with Gasteiger partial charge in [-0.1, -0.05) is 6.07 Å². The summed E-state index contributed by atoms with van der Waals surface area (Å²) in [5, 5.41) is 13.2. The fourth-order valence-corrected chi connectivity index (χ4v) is 5.34. The second-order valence-corrected chi connectivity index (χ2v) is 9.08. The third kappa shape index (κ3) is 4.03. The van der Waals surface area contributed by atoms with Crippen LogP contribution in [0.3, 0.4) is 0 Å². The number of aliphatic hydroxyl groups excluding tert-OH is 1. The average molecular weight is 439 g/mol. The predicted molar refractivity (Wildman–Crippen MR) is 121 cm³/mol. The molecule has 2 aromatic carbocycles. The summed E-state index contributed by atoms with van der Waals surface area (Å²) >= 11 is 1.59. The molecule has 0 spiro atoms. The quantitative estimate of drug-likeness (QED) is 0.410. The van der Waals surface area contributed by atoms with E-state index in [2.05, 4.69) is 9.47 Å². The van der Waals surface area contributed by atoms with Crippen molar-refractivity contribution < 1.29 is 13.9 Å². The minimum Gasteiger partial charge on any atom is -0.388 e. The molecule has 0 saturated heterocycles. The van der Waals surface area contributed by atoms with Crippen LogP contribution in [0.2, 0.25) is 0 Å². The summed E-state index contributed by atoms with van der Waals surface area (Å²) < 4.78 is 29.7. The highest BCUT2D eigenvalue weighted by Gasteiger charge is 2.25. The third-order valence-corrected chi connectivity index (χ3v) is 7.07. The molecule has 1 atom stereocenters. The lowest BCUT2D eigenvalue weighted by molar-refractivity contribution is 0.156. The molecule has 3 nitrogen and oxygen atoms in total. The molecule has 3 heterocycles. The zero-order chi connectivity index (χ0) is 21.4. The molecule has 0 bridgehead atoms. The lowest BCUT2D eigenvalue weighted by atomic mass is 10.0. The van der Waals surface area contributed by atoms with Crippen molar-refractivity contribution in [2.45, 2.75) is 31.9 Å². The Labute approximate surface area is 184 Å². The Kier molecular flexibility index (Phi) is 5.61. The number of aromatic nitrogens is 1. The summed E-state index contributed by atoms with van der Waals surface area (Å²) in [7, 11) is 0. The molecule has 31 heavy (non-hydrogen) atoms. The zero-order valence-electron chi connectivity index (χ0n) is 17.1. The number of aliphatic hydroxyl groups is 1. The van der Waals surface area contributed by atoms with E-state index >= 15 is 0 Å². The lowest BCUT2D eigenvalue weighted by Gasteiger charge is -2.28. The van der Waals surface area contributed by atoms with Crippen molar-refractivity contribution >= 4 is 22.2 Å². The van der Waals surface area contributed by atoms with Crippen molar-refractivity contribution in [1.82, 2.24) is 9.47 Å². The molecule has 1 unspecified atom stereocenters. The predicted octanol–water partition coefficient (Wildman–Crippen LogP) is 5.84. The Morgan fingerprint density at radius 3 is 2.61 bits per heavy atom. The standard InChI is InChI=1S/C25H24F2N2OS/c26-17-5-8-19(9-6-17)29-22-10-7-18(27)15-20(22)21-16-28(13-11-23(21)29)12-1-3-24(30)25-4-2-14-31-25/h2,4-10,14-15,24,30H,1,3,11-13,16H2. The normalized spacial score (nSPS) is 15.3. The van der Waals surface area contributed by atoms with E-state index < -0.39 is 6.10 Å². The van der Waals surface area contributed by atoms with Gasteiger partial charge in [-0.3, -0.25) is 4.90 Å². The van der Waals surface area contributed by atoms with Gasteiger partial charge in [0.05, 0.1) is 11.6 Å². The van der Waals surface area contributed by atoms with Crippen LogP contribution in [0.4, 0.5) is 8.78 Å². The number of halogens is 2. The van der Waals surface area contributed by atoms with E-state index in [1.54, 1.807) is 29.5 Å². The highest BCUT2D eigenvalue weighted by molar-refractivity contribution is 7.10. The van der Waals surface area contributed by atoms with Crippen LogP contribution >= 0.6 is 11.3 Å². The number of hydrogen-bond donors (Lipinski definition) is 1. The first-order chi connectivity index (χ1) is 15.1. The molecule has 5 rings (SSSR count). The van der Waals surface area contributed by atoms with Gasteiger partial charge >= 0.3 is 0 Å². The first-order valence-corrected chi connectivity index (χ1v) is 11.5. The van der Waals surface area contributed by atoms with Crippen LogP contribution in [-0.2, 0) is 13.0 Å². The molecule has 0 aliphatic carbocycles. The van der Waals surface area contributed by atoms with Crippen molar-refractivity contribution in [2.24, 2.45) is 0 Å². The van der Waals surface area contributed by atoms with Crippen LogP contribution in [0.15, 0.2) is 60.0 Å². The minimum atomic E-state index is -0.408. The molecule has 1 N–H and O–H groups in total. The first kappa shape index (κ1) is 20.4. The van der Waals surface area contributed by atoms with E-state index in [0.29, 0.717) is 0 Å². The van der Waals surface area contributed by atoms with Crippen molar-refractivity contribution in [3.05, 3.63) is 87.7 Å². The van der Waals surface area contributed by atoms with Gasteiger partial charge in [0, 0.05) is 41.2 Å². The van der Waals surface area contributed by atoms with E-state index in [0.717, 1.165) is 65.9 Å². The van der Waals surface area contributed by atoms with Crippen LogP contribution in [0.25, 0.3) is 16.6 Å². The van der Waals surface area contributed by atoms with Crippen LogP contribution in [0, 0.1) is 11.6 Å². The van der Waals surface area contributed by atoms with Crippen LogP contribution < -0.4 is 0 Å². The van der Waals surface area contributed by atoms with Gasteiger partial charge in [0.1, 0.15) is 11.6 Å². The van der Waals surface area contributed by atoms with Crippen LogP contribution in [0.5, 0.6) is 0 Å². The monoisotopic (exact) mass is 438 g/mol. The van der Waals surface area contributed by atoms with E-state index in [1.807, 2.05) is 23.6 Å². The SMILES string of the molecule is OC(CCCN1CCc2c(c3cc(F)ccc3n2-c2ccc(F)cc2)C1)c1cccs1.